The predicted molar refractivity (Wildman–Crippen MR) is 85.2 cm³/mol. The highest BCUT2D eigenvalue weighted by molar-refractivity contribution is 7.98. The molecule has 22 heavy (non-hydrogen) atoms. The van der Waals surface area contributed by atoms with Crippen molar-refractivity contribution in [2.45, 2.75) is 37.1 Å². The zero-order valence-electron chi connectivity index (χ0n) is 13.0. The predicted octanol–water partition coefficient (Wildman–Crippen LogP) is 3.54. The molecule has 1 aromatic carbocycles. The smallest absolute Gasteiger partial charge is 0.232 e. The maximum Gasteiger partial charge on any atom is 0.232 e. The highest BCUT2D eigenvalue weighted by Gasteiger charge is 2.21. The molecule has 0 unspecified atom stereocenters. The molecule has 0 amide bonds. The van der Waals surface area contributed by atoms with Crippen LogP contribution in [0.4, 0.5) is 0 Å². The maximum absolute atomic E-state index is 5.29. The van der Waals surface area contributed by atoms with Gasteiger partial charge in [-0.3, -0.25) is 0 Å². The molecule has 6 nitrogen and oxygen atoms in total. The van der Waals surface area contributed by atoms with Gasteiger partial charge >= 0.3 is 0 Å². The van der Waals surface area contributed by atoms with Crippen LogP contribution in [0.1, 0.15) is 32.5 Å². The SMILES string of the molecule is COc1ccc2nc(SCc3noc(C(C)(C)C)n3)[nH]c2c1. The fraction of sp³-hybridized carbons (Fsp3) is 0.400. The van der Waals surface area contributed by atoms with E-state index in [9.17, 15) is 0 Å². The molecule has 0 bridgehead atoms. The Morgan fingerprint density at radius 2 is 2.09 bits per heavy atom. The molecule has 0 aliphatic heterocycles. The molecule has 3 aromatic rings. The Bertz CT molecular complexity index is 788. The first kappa shape index (κ1) is 14.9. The van der Waals surface area contributed by atoms with Gasteiger partial charge in [-0.05, 0) is 12.1 Å². The van der Waals surface area contributed by atoms with Crippen molar-refractivity contribution in [3.05, 3.63) is 29.9 Å². The summed E-state index contributed by atoms with van der Waals surface area (Å²) in [6.45, 7) is 6.14. The number of imidazole rings is 1. The number of hydrogen-bond donors (Lipinski definition) is 1. The third kappa shape index (κ3) is 3.09. The van der Waals surface area contributed by atoms with E-state index in [1.807, 2.05) is 39.0 Å². The van der Waals surface area contributed by atoms with Crippen molar-refractivity contribution in [1.82, 2.24) is 20.1 Å². The highest BCUT2D eigenvalue weighted by atomic mass is 32.2. The summed E-state index contributed by atoms with van der Waals surface area (Å²) < 4.78 is 10.5. The molecule has 0 fully saturated rings. The largest absolute Gasteiger partial charge is 0.497 e. The lowest BCUT2D eigenvalue weighted by Crippen LogP contribution is -2.11. The van der Waals surface area contributed by atoms with Crippen LogP contribution in [0.25, 0.3) is 11.0 Å². The number of aromatic amines is 1. The molecule has 0 radical (unpaired) electrons. The van der Waals surface area contributed by atoms with E-state index < -0.39 is 0 Å². The third-order valence-electron chi connectivity index (χ3n) is 3.11. The van der Waals surface area contributed by atoms with E-state index in [0.29, 0.717) is 17.5 Å². The molecule has 0 aliphatic rings. The van der Waals surface area contributed by atoms with Crippen LogP contribution in [0.15, 0.2) is 27.9 Å². The molecule has 0 saturated heterocycles. The van der Waals surface area contributed by atoms with Gasteiger partial charge in [0.15, 0.2) is 11.0 Å². The first-order valence-corrected chi connectivity index (χ1v) is 7.94. The number of rotatable bonds is 4. The van der Waals surface area contributed by atoms with Gasteiger partial charge in [-0.1, -0.05) is 37.7 Å². The fourth-order valence-electron chi connectivity index (χ4n) is 1.91. The normalized spacial score (nSPS) is 12.0. The number of benzene rings is 1. The Morgan fingerprint density at radius 3 is 2.77 bits per heavy atom. The molecular weight excluding hydrogens is 300 g/mol. The fourth-order valence-corrected chi connectivity index (χ4v) is 2.64. The van der Waals surface area contributed by atoms with Gasteiger partial charge in [0.1, 0.15) is 5.75 Å². The quantitative estimate of drug-likeness (QED) is 0.741. The Labute approximate surface area is 132 Å². The number of methoxy groups -OCH3 is 1. The van der Waals surface area contributed by atoms with Gasteiger partial charge in [0.2, 0.25) is 5.89 Å². The first-order valence-electron chi connectivity index (χ1n) is 6.95. The lowest BCUT2D eigenvalue weighted by Gasteiger charge is -2.10. The summed E-state index contributed by atoms with van der Waals surface area (Å²) in [5, 5.41) is 4.83. The molecule has 2 aromatic heterocycles. The van der Waals surface area contributed by atoms with Crippen LogP contribution in [0.2, 0.25) is 0 Å². The number of hydrogen-bond acceptors (Lipinski definition) is 6. The minimum absolute atomic E-state index is 0.133. The van der Waals surface area contributed by atoms with Gasteiger partial charge in [-0.25, -0.2) is 4.98 Å². The van der Waals surface area contributed by atoms with E-state index in [1.165, 1.54) is 0 Å². The van der Waals surface area contributed by atoms with E-state index in [0.717, 1.165) is 21.9 Å². The van der Waals surface area contributed by atoms with E-state index >= 15 is 0 Å². The zero-order valence-corrected chi connectivity index (χ0v) is 13.8. The van der Waals surface area contributed by atoms with Gasteiger partial charge in [0.25, 0.3) is 0 Å². The summed E-state index contributed by atoms with van der Waals surface area (Å²) in [5.41, 5.74) is 1.73. The van der Waals surface area contributed by atoms with Crippen LogP contribution >= 0.6 is 11.8 Å². The Kier molecular flexibility index (Phi) is 3.82. The molecule has 1 N–H and O–H groups in total. The minimum atomic E-state index is -0.133. The minimum Gasteiger partial charge on any atom is -0.497 e. The number of fused-ring (bicyclic) bond motifs is 1. The van der Waals surface area contributed by atoms with Crippen molar-refractivity contribution in [1.29, 1.82) is 0 Å². The van der Waals surface area contributed by atoms with Crippen molar-refractivity contribution < 1.29 is 9.26 Å². The molecule has 0 atom stereocenters. The summed E-state index contributed by atoms with van der Waals surface area (Å²) in [5.74, 6) is 2.74. The van der Waals surface area contributed by atoms with Crippen molar-refractivity contribution >= 4 is 22.8 Å². The van der Waals surface area contributed by atoms with E-state index in [1.54, 1.807) is 18.9 Å². The first-order chi connectivity index (χ1) is 10.5. The molecule has 0 spiro atoms. The average molecular weight is 318 g/mol. The Morgan fingerprint density at radius 1 is 1.27 bits per heavy atom. The lowest BCUT2D eigenvalue weighted by atomic mass is 9.97. The van der Waals surface area contributed by atoms with Crippen LogP contribution in [0.3, 0.4) is 0 Å². The molecule has 2 heterocycles. The maximum atomic E-state index is 5.29. The van der Waals surface area contributed by atoms with E-state index in [-0.39, 0.29) is 5.41 Å². The second-order valence-corrected chi connectivity index (χ2v) is 6.94. The van der Waals surface area contributed by atoms with Gasteiger partial charge < -0.3 is 14.2 Å². The summed E-state index contributed by atoms with van der Waals surface area (Å²) in [4.78, 5) is 12.2. The molecule has 0 saturated carbocycles. The third-order valence-corrected chi connectivity index (χ3v) is 3.98. The van der Waals surface area contributed by atoms with Crippen LogP contribution in [0.5, 0.6) is 5.75 Å². The topological polar surface area (TPSA) is 76.8 Å². The average Bonchev–Trinajstić information content (AvgIpc) is 3.10. The second kappa shape index (κ2) is 5.64. The van der Waals surface area contributed by atoms with Crippen molar-refractivity contribution in [3.8, 4) is 5.75 Å². The number of nitrogens with zero attached hydrogens (tertiary/aromatic N) is 3. The van der Waals surface area contributed by atoms with Gasteiger partial charge in [-0.2, -0.15) is 4.98 Å². The van der Waals surface area contributed by atoms with Crippen LogP contribution in [-0.4, -0.2) is 27.2 Å². The molecule has 116 valence electrons. The molecule has 7 heteroatoms. The number of nitrogens with one attached hydrogen (secondary N) is 1. The Balaban J connectivity index is 1.72. The summed E-state index contributed by atoms with van der Waals surface area (Å²) in [6.07, 6.45) is 0. The Hall–Kier alpha value is -2.02. The summed E-state index contributed by atoms with van der Waals surface area (Å²) >= 11 is 1.54. The van der Waals surface area contributed by atoms with Crippen molar-refractivity contribution in [3.63, 3.8) is 0 Å². The highest BCUT2D eigenvalue weighted by Crippen LogP contribution is 2.26. The second-order valence-electron chi connectivity index (χ2n) is 5.98. The summed E-state index contributed by atoms with van der Waals surface area (Å²) in [6, 6.07) is 5.76. The van der Waals surface area contributed by atoms with Crippen molar-refractivity contribution in [2.75, 3.05) is 7.11 Å². The van der Waals surface area contributed by atoms with Crippen molar-refractivity contribution in [2.24, 2.45) is 0 Å². The van der Waals surface area contributed by atoms with E-state index in [2.05, 4.69) is 20.1 Å². The van der Waals surface area contributed by atoms with E-state index in [4.69, 9.17) is 9.26 Å². The van der Waals surface area contributed by atoms with Crippen LogP contribution < -0.4 is 4.74 Å². The molecular formula is C15H18N4O2S. The molecule has 3 rings (SSSR count). The van der Waals surface area contributed by atoms with Crippen LogP contribution in [-0.2, 0) is 11.2 Å². The van der Waals surface area contributed by atoms with Crippen LogP contribution in [0, 0.1) is 0 Å². The number of aromatic nitrogens is 4. The monoisotopic (exact) mass is 318 g/mol. The zero-order chi connectivity index (χ0) is 15.7. The lowest BCUT2D eigenvalue weighted by molar-refractivity contribution is 0.319. The number of ether oxygens (including phenoxy) is 1. The summed E-state index contributed by atoms with van der Waals surface area (Å²) in [7, 11) is 1.65. The van der Waals surface area contributed by atoms with Gasteiger partial charge in [0, 0.05) is 11.5 Å². The molecule has 0 aliphatic carbocycles. The number of H-pyrrole nitrogens is 1. The standard InChI is InChI=1S/C15H18N4O2S/c1-15(2,3)13-18-12(19-21-13)8-22-14-16-10-6-5-9(20-4)7-11(10)17-14/h5-7H,8H2,1-4H3,(H,16,17). The number of thioether (sulfide) groups is 1. The van der Waals surface area contributed by atoms with Gasteiger partial charge in [-0.15, -0.1) is 0 Å². The van der Waals surface area contributed by atoms with Gasteiger partial charge in [0.05, 0.1) is 23.9 Å².